The third-order valence-corrected chi connectivity index (χ3v) is 1.80. The Bertz CT molecular complexity index is 77.5. The van der Waals surface area contributed by atoms with Crippen LogP contribution >= 0.6 is 12.4 Å². The molecule has 1 aliphatic rings. The van der Waals surface area contributed by atoms with Crippen molar-refractivity contribution < 1.29 is 0 Å². The summed E-state index contributed by atoms with van der Waals surface area (Å²) < 4.78 is 0. The van der Waals surface area contributed by atoms with E-state index in [1.807, 2.05) is 7.05 Å². The molecule has 0 aromatic rings. The molecule has 0 aromatic carbocycles. The van der Waals surface area contributed by atoms with Crippen molar-refractivity contribution in [2.24, 2.45) is 0 Å². The maximum atomic E-state index is 3.25. The van der Waals surface area contributed by atoms with E-state index in [2.05, 4.69) is 17.3 Å². The Morgan fingerprint density at radius 3 is 2.44 bits per heavy atom. The van der Waals surface area contributed by atoms with E-state index in [1.54, 1.807) is 0 Å². The Morgan fingerprint density at radius 2 is 2.22 bits per heavy atom. The molecule has 0 radical (unpaired) electrons. The van der Waals surface area contributed by atoms with Crippen LogP contribution in [0.1, 0.15) is 6.42 Å². The first kappa shape index (κ1) is 9.21. The van der Waals surface area contributed by atoms with Gasteiger partial charge < -0.3 is 10.2 Å². The van der Waals surface area contributed by atoms with Gasteiger partial charge in [-0.2, -0.15) is 0 Å². The van der Waals surface area contributed by atoms with Gasteiger partial charge in [0.05, 0.1) is 0 Å². The smallest absolute Gasteiger partial charge is 0.0204 e. The van der Waals surface area contributed by atoms with Crippen molar-refractivity contribution in [1.82, 2.24) is 10.2 Å². The molecule has 2 nitrogen and oxygen atoms in total. The van der Waals surface area contributed by atoms with Gasteiger partial charge in [0.1, 0.15) is 0 Å². The van der Waals surface area contributed by atoms with Gasteiger partial charge in [-0.15, -0.1) is 12.4 Å². The van der Waals surface area contributed by atoms with Crippen molar-refractivity contribution >= 4 is 12.4 Å². The lowest BCUT2D eigenvalue weighted by Gasteiger charge is -2.07. The number of likely N-dealkylation sites (N-methyl/N-ethyl adjacent to an activating group) is 2. The number of hydrogen-bond donors (Lipinski definition) is 1. The highest BCUT2D eigenvalue weighted by atomic mass is 35.5. The van der Waals surface area contributed by atoms with E-state index >= 15 is 0 Å². The van der Waals surface area contributed by atoms with E-state index in [0.29, 0.717) is 0 Å². The summed E-state index contributed by atoms with van der Waals surface area (Å²) in [6, 6.07) is 0.750. The zero-order chi connectivity index (χ0) is 5.98. The Kier molecular flexibility index (Phi) is 4.19. The van der Waals surface area contributed by atoms with Gasteiger partial charge in [-0.3, -0.25) is 0 Å². The normalized spacial score (nSPS) is 28.0. The fourth-order valence-electron chi connectivity index (χ4n) is 1.17. The number of hydrogen-bond acceptors (Lipinski definition) is 2. The first-order chi connectivity index (χ1) is 3.83. The van der Waals surface area contributed by atoms with Crippen LogP contribution in [-0.2, 0) is 0 Å². The van der Waals surface area contributed by atoms with E-state index < -0.39 is 0 Å². The zero-order valence-corrected chi connectivity index (χ0v) is 6.87. The molecule has 0 aromatic heterocycles. The van der Waals surface area contributed by atoms with Crippen LogP contribution in [0.15, 0.2) is 0 Å². The predicted octanol–water partition coefficient (Wildman–Crippen LogP) is 0.332. The van der Waals surface area contributed by atoms with Gasteiger partial charge in [0.25, 0.3) is 0 Å². The van der Waals surface area contributed by atoms with Crippen molar-refractivity contribution in [3.05, 3.63) is 0 Å². The van der Waals surface area contributed by atoms with Gasteiger partial charge in [-0.05, 0) is 27.1 Å². The molecule has 1 aliphatic heterocycles. The Labute approximate surface area is 63.0 Å². The van der Waals surface area contributed by atoms with Crippen LogP contribution in [0.5, 0.6) is 0 Å². The molecule has 56 valence electrons. The number of nitrogens with one attached hydrogen (secondary N) is 1. The number of halogens is 1. The van der Waals surface area contributed by atoms with Crippen molar-refractivity contribution in [1.29, 1.82) is 0 Å². The molecular weight excluding hydrogens is 136 g/mol. The molecule has 0 bridgehead atoms. The molecule has 3 heteroatoms. The lowest BCUT2D eigenvalue weighted by Crippen LogP contribution is -2.27. The van der Waals surface area contributed by atoms with Crippen LogP contribution in [0, 0.1) is 0 Å². The molecule has 1 unspecified atom stereocenters. The van der Waals surface area contributed by atoms with E-state index in [9.17, 15) is 0 Å². The van der Waals surface area contributed by atoms with Crippen molar-refractivity contribution in [2.75, 3.05) is 27.2 Å². The fourth-order valence-corrected chi connectivity index (χ4v) is 1.17. The molecule has 0 spiro atoms. The second kappa shape index (κ2) is 4.09. The minimum atomic E-state index is 0. The van der Waals surface area contributed by atoms with Crippen LogP contribution in [0.25, 0.3) is 0 Å². The van der Waals surface area contributed by atoms with Crippen molar-refractivity contribution in [2.45, 2.75) is 12.5 Å². The minimum absolute atomic E-state index is 0. The van der Waals surface area contributed by atoms with Gasteiger partial charge in [-0.25, -0.2) is 0 Å². The summed E-state index contributed by atoms with van der Waals surface area (Å²) >= 11 is 0. The predicted molar refractivity (Wildman–Crippen MR) is 42.2 cm³/mol. The molecular formula is C6H15ClN2. The maximum Gasteiger partial charge on any atom is 0.0204 e. The maximum absolute atomic E-state index is 3.25. The van der Waals surface area contributed by atoms with Crippen LogP contribution in [0.4, 0.5) is 0 Å². The summed E-state index contributed by atoms with van der Waals surface area (Å²) in [6.45, 7) is 2.47. The van der Waals surface area contributed by atoms with E-state index in [-0.39, 0.29) is 12.4 Å². The van der Waals surface area contributed by atoms with E-state index in [0.717, 1.165) is 6.04 Å². The second-order valence-electron chi connectivity index (χ2n) is 2.54. The Morgan fingerprint density at radius 1 is 1.56 bits per heavy atom. The molecule has 0 aliphatic carbocycles. The largest absolute Gasteiger partial charge is 0.316 e. The fraction of sp³-hybridized carbons (Fsp3) is 1.00. The van der Waals surface area contributed by atoms with Gasteiger partial charge >= 0.3 is 0 Å². The highest BCUT2D eigenvalue weighted by Crippen LogP contribution is 2.04. The molecule has 1 rings (SSSR count). The summed E-state index contributed by atoms with van der Waals surface area (Å²) in [5.74, 6) is 0. The SMILES string of the molecule is CNC1CCN(C)C1.Cl. The first-order valence-corrected chi connectivity index (χ1v) is 3.18. The topological polar surface area (TPSA) is 15.3 Å². The molecule has 0 amide bonds. The molecule has 1 heterocycles. The van der Waals surface area contributed by atoms with Gasteiger partial charge in [0.15, 0.2) is 0 Å². The Hall–Kier alpha value is 0.210. The summed E-state index contributed by atoms with van der Waals surface area (Å²) in [5, 5.41) is 3.25. The van der Waals surface area contributed by atoms with E-state index in [4.69, 9.17) is 0 Å². The summed E-state index contributed by atoms with van der Waals surface area (Å²) in [4.78, 5) is 2.35. The molecule has 1 N–H and O–H groups in total. The van der Waals surface area contributed by atoms with Gasteiger partial charge in [0, 0.05) is 12.6 Å². The highest BCUT2D eigenvalue weighted by molar-refractivity contribution is 5.85. The molecule has 0 saturated carbocycles. The number of nitrogens with zero attached hydrogens (tertiary/aromatic N) is 1. The molecule has 9 heavy (non-hydrogen) atoms. The van der Waals surface area contributed by atoms with Crippen LogP contribution in [-0.4, -0.2) is 38.1 Å². The summed E-state index contributed by atoms with van der Waals surface area (Å²) in [6.07, 6.45) is 1.31. The monoisotopic (exact) mass is 150 g/mol. The standard InChI is InChI=1S/C6H14N2.ClH/c1-7-6-3-4-8(2)5-6;/h6-7H,3-5H2,1-2H3;1H. The lowest BCUT2D eigenvalue weighted by molar-refractivity contribution is 0.403. The van der Waals surface area contributed by atoms with Crippen LogP contribution in [0.3, 0.4) is 0 Å². The quantitative estimate of drug-likeness (QED) is 0.580. The highest BCUT2D eigenvalue weighted by Gasteiger charge is 2.16. The van der Waals surface area contributed by atoms with E-state index in [1.165, 1.54) is 19.5 Å². The summed E-state index contributed by atoms with van der Waals surface area (Å²) in [5.41, 5.74) is 0. The third-order valence-electron chi connectivity index (χ3n) is 1.80. The number of likely N-dealkylation sites (tertiary alicyclic amines) is 1. The molecule has 1 atom stereocenters. The number of rotatable bonds is 1. The average Bonchev–Trinajstić information content (AvgIpc) is 2.14. The van der Waals surface area contributed by atoms with Crippen molar-refractivity contribution in [3.63, 3.8) is 0 Å². The van der Waals surface area contributed by atoms with Crippen molar-refractivity contribution in [3.8, 4) is 0 Å². The lowest BCUT2D eigenvalue weighted by atomic mass is 10.3. The molecule has 1 fully saturated rings. The summed E-state index contributed by atoms with van der Waals surface area (Å²) in [7, 11) is 4.20. The third kappa shape index (κ3) is 2.52. The van der Waals surface area contributed by atoms with Gasteiger partial charge in [0.2, 0.25) is 0 Å². The van der Waals surface area contributed by atoms with Gasteiger partial charge in [-0.1, -0.05) is 0 Å². The minimum Gasteiger partial charge on any atom is -0.316 e. The first-order valence-electron chi connectivity index (χ1n) is 3.18. The Balaban J connectivity index is 0.000000640. The zero-order valence-electron chi connectivity index (χ0n) is 6.05. The van der Waals surface area contributed by atoms with Crippen LogP contribution < -0.4 is 5.32 Å². The van der Waals surface area contributed by atoms with Crippen LogP contribution in [0.2, 0.25) is 0 Å². The average molecular weight is 151 g/mol. The molecule has 1 saturated heterocycles. The second-order valence-corrected chi connectivity index (χ2v) is 2.54.